The molecule has 0 aliphatic carbocycles. The topological polar surface area (TPSA) is 123 Å². The number of carbonyl (C=O) groups is 3. The van der Waals surface area contributed by atoms with E-state index in [9.17, 15) is 14.4 Å². The summed E-state index contributed by atoms with van der Waals surface area (Å²) in [6, 6.07) is 8.25. The average Bonchev–Trinajstić information content (AvgIpc) is 2.75. The van der Waals surface area contributed by atoms with Crippen LogP contribution in [0.1, 0.15) is 58.4 Å². The highest BCUT2D eigenvalue weighted by molar-refractivity contribution is 5.90. The number of unbranched alkanes of at least 4 members (excludes halogenated alkanes) is 1. The lowest BCUT2D eigenvalue weighted by molar-refractivity contribution is -0.145. The first-order chi connectivity index (χ1) is 14.9. The van der Waals surface area contributed by atoms with Crippen molar-refractivity contribution in [2.75, 3.05) is 13.1 Å². The van der Waals surface area contributed by atoms with Crippen molar-refractivity contribution in [2.24, 2.45) is 5.73 Å². The van der Waals surface area contributed by atoms with Crippen LogP contribution in [-0.2, 0) is 25.7 Å². The first-order valence-electron chi connectivity index (χ1n) is 11.1. The van der Waals surface area contributed by atoms with Crippen molar-refractivity contribution in [3.05, 3.63) is 35.9 Å². The van der Waals surface area contributed by atoms with Crippen LogP contribution in [0.4, 0.5) is 0 Å². The number of hydrogen-bond donors (Lipinski definition) is 4. The lowest BCUT2D eigenvalue weighted by atomic mass is 10.1. The fourth-order valence-corrected chi connectivity index (χ4v) is 3.10. The van der Waals surface area contributed by atoms with E-state index in [4.69, 9.17) is 10.5 Å². The number of esters is 1. The highest BCUT2D eigenvalue weighted by Gasteiger charge is 2.26. The van der Waals surface area contributed by atoms with Crippen LogP contribution in [0.2, 0.25) is 0 Å². The smallest absolute Gasteiger partial charge is 0.306 e. The number of nitrogens with two attached hydrogens (primary N) is 1. The van der Waals surface area contributed by atoms with Gasteiger partial charge >= 0.3 is 5.97 Å². The molecule has 0 saturated heterocycles. The number of amides is 2. The Morgan fingerprint density at radius 2 is 1.71 bits per heavy atom. The molecule has 2 amide bonds. The molecule has 0 radical (unpaired) electrons. The molecule has 0 aliphatic rings. The van der Waals surface area contributed by atoms with Gasteiger partial charge in [0.05, 0.1) is 6.04 Å². The van der Waals surface area contributed by atoms with Gasteiger partial charge in [0.15, 0.2) is 0 Å². The van der Waals surface area contributed by atoms with E-state index in [0.29, 0.717) is 19.5 Å². The average molecular weight is 435 g/mol. The Hall–Kier alpha value is -2.45. The Bertz CT molecular complexity index is 667. The van der Waals surface area contributed by atoms with Crippen LogP contribution in [0, 0.1) is 0 Å². The van der Waals surface area contributed by atoms with Crippen molar-refractivity contribution in [1.29, 1.82) is 0 Å². The van der Waals surface area contributed by atoms with Gasteiger partial charge in [-0.15, -0.1) is 0 Å². The molecule has 1 aromatic carbocycles. The quantitative estimate of drug-likeness (QED) is 0.246. The maximum Gasteiger partial charge on any atom is 0.306 e. The number of ether oxygens (including phenoxy) is 1. The predicted octanol–water partition coefficient (Wildman–Crippen LogP) is 1.63. The SMILES string of the molecule is CCNC(=O)C(CCCCN)NC(=O)C(CCC(=O)OCc1ccccc1)NC(C)C. The molecule has 2 atom stereocenters. The molecule has 8 heteroatoms. The van der Waals surface area contributed by atoms with Gasteiger partial charge in [-0.05, 0) is 44.7 Å². The second-order valence-corrected chi connectivity index (χ2v) is 7.80. The minimum absolute atomic E-state index is 0.0382. The van der Waals surface area contributed by atoms with Crippen molar-refractivity contribution in [2.45, 2.75) is 77.6 Å². The Morgan fingerprint density at radius 1 is 1.00 bits per heavy atom. The minimum atomic E-state index is -0.625. The van der Waals surface area contributed by atoms with Gasteiger partial charge in [-0.1, -0.05) is 44.2 Å². The Morgan fingerprint density at radius 3 is 2.32 bits per heavy atom. The van der Waals surface area contributed by atoms with Gasteiger partial charge in [0.2, 0.25) is 11.8 Å². The Balaban J connectivity index is 2.64. The normalized spacial score (nSPS) is 12.8. The highest BCUT2D eigenvalue weighted by Crippen LogP contribution is 2.07. The van der Waals surface area contributed by atoms with Crippen LogP contribution < -0.4 is 21.7 Å². The zero-order valence-electron chi connectivity index (χ0n) is 19.0. The van der Waals surface area contributed by atoms with Crippen LogP contribution in [0.15, 0.2) is 30.3 Å². The number of nitrogens with one attached hydrogen (secondary N) is 3. The van der Waals surface area contributed by atoms with E-state index in [-0.39, 0.29) is 43.3 Å². The van der Waals surface area contributed by atoms with Crippen molar-refractivity contribution >= 4 is 17.8 Å². The molecule has 1 aromatic rings. The summed E-state index contributed by atoms with van der Waals surface area (Å²) in [6.07, 6.45) is 2.42. The van der Waals surface area contributed by atoms with Crippen LogP contribution >= 0.6 is 0 Å². The molecule has 0 fully saturated rings. The van der Waals surface area contributed by atoms with Crippen LogP contribution in [0.5, 0.6) is 0 Å². The Kier molecular flexibility index (Phi) is 13.2. The molecule has 31 heavy (non-hydrogen) atoms. The minimum Gasteiger partial charge on any atom is -0.461 e. The van der Waals surface area contributed by atoms with Crippen LogP contribution in [0.25, 0.3) is 0 Å². The molecular formula is C23H38N4O4. The number of carbonyl (C=O) groups excluding carboxylic acids is 3. The highest BCUT2D eigenvalue weighted by atomic mass is 16.5. The van der Waals surface area contributed by atoms with Gasteiger partial charge in [-0.25, -0.2) is 0 Å². The molecule has 0 heterocycles. The van der Waals surface area contributed by atoms with Gasteiger partial charge in [-0.3, -0.25) is 14.4 Å². The van der Waals surface area contributed by atoms with E-state index in [1.54, 1.807) is 0 Å². The molecule has 0 saturated carbocycles. The summed E-state index contributed by atoms with van der Waals surface area (Å²) in [5.74, 6) is -0.873. The molecule has 0 aromatic heterocycles. The maximum atomic E-state index is 12.9. The van der Waals surface area contributed by atoms with Crippen LogP contribution in [-0.4, -0.2) is 49.0 Å². The summed E-state index contributed by atoms with van der Waals surface area (Å²) in [6.45, 7) is 6.92. The van der Waals surface area contributed by atoms with E-state index in [1.807, 2.05) is 51.1 Å². The summed E-state index contributed by atoms with van der Waals surface area (Å²) < 4.78 is 5.31. The van der Waals surface area contributed by atoms with E-state index in [0.717, 1.165) is 18.4 Å². The van der Waals surface area contributed by atoms with Crippen molar-refractivity contribution in [3.8, 4) is 0 Å². The van der Waals surface area contributed by atoms with Gasteiger partial charge in [0.25, 0.3) is 0 Å². The third-order valence-electron chi connectivity index (χ3n) is 4.66. The van der Waals surface area contributed by atoms with Gasteiger partial charge in [-0.2, -0.15) is 0 Å². The zero-order chi connectivity index (χ0) is 23.1. The second-order valence-electron chi connectivity index (χ2n) is 7.80. The molecule has 5 N–H and O–H groups in total. The summed E-state index contributed by atoms with van der Waals surface area (Å²) >= 11 is 0. The lowest BCUT2D eigenvalue weighted by Crippen LogP contribution is -2.53. The van der Waals surface area contributed by atoms with Crippen molar-refractivity contribution in [1.82, 2.24) is 16.0 Å². The predicted molar refractivity (Wildman–Crippen MR) is 121 cm³/mol. The van der Waals surface area contributed by atoms with Crippen molar-refractivity contribution in [3.63, 3.8) is 0 Å². The first-order valence-corrected chi connectivity index (χ1v) is 11.1. The largest absolute Gasteiger partial charge is 0.461 e. The van der Waals surface area contributed by atoms with Gasteiger partial charge in [0.1, 0.15) is 12.6 Å². The molecule has 1 rings (SSSR count). The fourth-order valence-electron chi connectivity index (χ4n) is 3.10. The third-order valence-corrected chi connectivity index (χ3v) is 4.66. The summed E-state index contributed by atoms with van der Waals surface area (Å²) in [7, 11) is 0. The van der Waals surface area contributed by atoms with E-state index >= 15 is 0 Å². The molecule has 0 bridgehead atoms. The maximum absolute atomic E-state index is 12.9. The lowest BCUT2D eigenvalue weighted by Gasteiger charge is -2.24. The number of benzene rings is 1. The summed E-state index contributed by atoms with van der Waals surface area (Å²) in [5.41, 5.74) is 6.45. The molecule has 0 spiro atoms. The summed E-state index contributed by atoms with van der Waals surface area (Å²) in [4.78, 5) is 37.4. The zero-order valence-corrected chi connectivity index (χ0v) is 19.0. The fraction of sp³-hybridized carbons (Fsp3) is 0.609. The van der Waals surface area contributed by atoms with Crippen molar-refractivity contribution < 1.29 is 19.1 Å². The third kappa shape index (κ3) is 11.5. The number of rotatable bonds is 15. The van der Waals surface area contributed by atoms with Gasteiger partial charge in [0, 0.05) is 19.0 Å². The molecule has 174 valence electrons. The standard InChI is InChI=1S/C23H38N4O4/c1-4-25-22(29)19(12-8-9-15-24)27-23(30)20(26-17(2)3)13-14-21(28)31-16-18-10-6-5-7-11-18/h5-7,10-11,17,19-20,26H,4,8-9,12-16,24H2,1-3H3,(H,25,29)(H,27,30). The first kappa shape index (κ1) is 26.6. The van der Waals surface area contributed by atoms with E-state index in [2.05, 4.69) is 16.0 Å². The van der Waals surface area contributed by atoms with Gasteiger partial charge < -0.3 is 26.4 Å². The molecular weight excluding hydrogens is 396 g/mol. The molecule has 2 unspecified atom stereocenters. The molecule has 8 nitrogen and oxygen atoms in total. The summed E-state index contributed by atoms with van der Waals surface area (Å²) in [5, 5.41) is 8.78. The number of likely N-dealkylation sites (N-methyl/N-ethyl adjacent to an activating group) is 1. The number of hydrogen-bond acceptors (Lipinski definition) is 6. The molecule has 0 aliphatic heterocycles. The van der Waals surface area contributed by atoms with E-state index < -0.39 is 12.1 Å². The monoisotopic (exact) mass is 434 g/mol. The Labute approximate surface area is 185 Å². The second kappa shape index (κ2) is 15.4. The van der Waals surface area contributed by atoms with Crippen LogP contribution in [0.3, 0.4) is 0 Å². The van der Waals surface area contributed by atoms with E-state index in [1.165, 1.54) is 0 Å².